The summed E-state index contributed by atoms with van der Waals surface area (Å²) in [6.07, 6.45) is 12.6. The van der Waals surface area contributed by atoms with Gasteiger partial charge in [0.15, 0.2) is 0 Å². The number of nitrogens with zero attached hydrogens (tertiary/aromatic N) is 2. The van der Waals surface area contributed by atoms with Crippen LogP contribution < -0.4 is 33.2 Å². The van der Waals surface area contributed by atoms with Crippen molar-refractivity contribution in [3.63, 3.8) is 0 Å². The van der Waals surface area contributed by atoms with Crippen LogP contribution in [0.25, 0.3) is 0 Å². The van der Waals surface area contributed by atoms with Crippen LogP contribution >= 0.6 is 0 Å². The van der Waals surface area contributed by atoms with Gasteiger partial charge in [0, 0.05) is 71.0 Å². The molecule has 0 aromatic rings. The highest BCUT2D eigenvalue weighted by atomic mass is 16.5. The van der Waals surface area contributed by atoms with Crippen molar-refractivity contribution in [1.29, 1.82) is 0 Å². The molecule has 0 bridgehead atoms. The Morgan fingerprint density at radius 1 is 0.692 bits per heavy atom. The summed E-state index contributed by atoms with van der Waals surface area (Å²) in [5.41, 5.74) is 18.0. The minimum absolute atomic E-state index is 0.0321. The number of nitrogens with one attached hydrogen (secondary N) is 3. The molecule has 4 fully saturated rings. The molecule has 0 radical (unpaired) electrons. The van der Waals surface area contributed by atoms with Crippen LogP contribution in [0.15, 0.2) is 0 Å². The lowest BCUT2D eigenvalue weighted by atomic mass is 9.43. The lowest BCUT2D eigenvalue weighted by Crippen LogP contribution is -2.63. The summed E-state index contributed by atoms with van der Waals surface area (Å²) in [7, 11) is 0. The molecule has 0 aromatic heterocycles. The van der Waals surface area contributed by atoms with Crippen LogP contribution in [0.5, 0.6) is 0 Å². The highest BCUT2D eigenvalue weighted by Crippen LogP contribution is 2.69. The molecule has 11 atom stereocenters. The minimum atomic E-state index is -1.01. The van der Waals surface area contributed by atoms with Crippen LogP contribution in [0.2, 0.25) is 0 Å². The molecule has 0 heterocycles. The first-order valence-electron chi connectivity index (χ1n) is 24.9. The summed E-state index contributed by atoms with van der Waals surface area (Å²) in [5.74, 6) is -0.336. The molecule has 4 rings (SSSR count). The standard InChI is InChI=1S/C47H88N8O10/c1-33(8-4-16-53-41(56)31-54(19-17-51-29-42(57)58)21-22-55(32-44(61)62)20-18-52-30-43(59)60)36-9-10-37-45-38(28-40(47(36,37)3)65-25-7-15-50)46(2)12-11-35(63-23-5-13-48)26-34(46)27-39(45)64-24-6-14-49/h33-40,45,51-52H,4-32,48-50H2,1-3H3,(H,53,56)(H,57,58)(H,59,60)(H,61,62)/t33-,34?,35-,36?,37+,38+,39-,40+,45?,46?,47?/m1/s1. The summed E-state index contributed by atoms with van der Waals surface area (Å²) in [6.45, 7) is 13.4. The van der Waals surface area contributed by atoms with Gasteiger partial charge >= 0.3 is 17.9 Å². The van der Waals surface area contributed by atoms with E-state index in [1.165, 1.54) is 0 Å². The number of carboxylic acids is 3. The van der Waals surface area contributed by atoms with E-state index in [-0.39, 0.29) is 61.2 Å². The van der Waals surface area contributed by atoms with E-state index in [4.69, 9.17) is 41.6 Å². The molecule has 1 amide bonds. The Labute approximate surface area is 388 Å². The average molecular weight is 925 g/mol. The third-order valence-corrected chi connectivity index (χ3v) is 15.9. The fraction of sp³-hybridized carbons (Fsp3) is 0.915. The zero-order valence-electron chi connectivity index (χ0n) is 40.0. The van der Waals surface area contributed by atoms with E-state index in [0.29, 0.717) is 114 Å². The number of carboxylic acid groups (broad SMARTS) is 3. The molecule has 18 nitrogen and oxygen atoms in total. The molecule has 4 aliphatic rings. The zero-order chi connectivity index (χ0) is 47.4. The topological polar surface area (TPSA) is 277 Å². The second kappa shape index (κ2) is 28.1. The Bertz CT molecular complexity index is 1450. The van der Waals surface area contributed by atoms with Crippen LogP contribution in [-0.4, -0.2) is 179 Å². The number of ether oxygens (including phenoxy) is 3. The van der Waals surface area contributed by atoms with Crippen LogP contribution in [0.3, 0.4) is 0 Å². The maximum absolute atomic E-state index is 13.4. The first kappa shape index (κ1) is 55.1. The number of carbonyl (C=O) groups excluding carboxylic acids is 1. The molecular weight excluding hydrogens is 837 g/mol. The molecule has 0 aliphatic heterocycles. The SMILES string of the molecule is C[C@H](CCCNC(=O)CN(CCNCC(=O)O)CCN(CCNCC(=O)O)CC(=O)O)C1CC[C@H]2C3[C@H](OCCCN)CC4C[C@H](OCCCN)CCC4(C)[C@H]3C[C@H](OCCCN)C12C. The number of hydrogen-bond donors (Lipinski definition) is 9. The van der Waals surface area contributed by atoms with Gasteiger partial charge in [-0.25, -0.2) is 0 Å². The number of fused-ring (bicyclic) bond motifs is 5. The quantitative estimate of drug-likeness (QED) is 0.0415. The van der Waals surface area contributed by atoms with Gasteiger partial charge in [-0.15, -0.1) is 0 Å². The summed E-state index contributed by atoms with van der Waals surface area (Å²) in [5, 5.41) is 36.2. The van der Waals surface area contributed by atoms with Gasteiger partial charge in [-0.3, -0.25) is 29.0 Å². The van der Waals surface area contributed by atoms with Crippen molar-refractivity contribution in [3.05, 3.63) is 0 Å². The molecule has 4 aliphatic carbocycles. The van der Waals surface area contributed by atoms with E-state index in [0.717, 1.165) is 83.7 Å². The van der Waals surface area contributed by atoms with Crippen molar-refractivity contribution in [1.82, 2.24) is 25.8 Å². The highest BCUT2D eigenvalue weighted by molar-refractivity contribution is 5.78. The van der Waals surface area contributed by atoms with Crippen LogP contribution in [0, 0.1) is 46.3 Å². The van der Waals surface area contributed by atoms with Crippen molar-refractivity contribution in [3.8, 4) is 0 Å². The maximum atomic E-state index is 13.4. The van der Waals surface area contributed by atoms with Crippen molar-refractivity contribution in [2.75, 3.05) is 111 Å². The van der Waals surface area contributed by atoms with E-state index in [1.807, 2.05) is 4.90 Å². The minimum Gasteiger partial charge on any atom is -0.480 e. The molecule has 0 saturated heterocycles. The van der Waals surface area contributed by atoms with Crippen molar-refractivity contribution in [2.45, 2.75) is 116 Å². The molecule has 18 heteroatoms. The van der Waals surface area contributed by atoms with Crippen molar-refractivity contribution in [2.24, 2.45) is 63.5 Å². The monoisotopic (exact) mass is 925 g/mol. The summed E-state index contributed by atoms with van der Waals surface area (Å²) in [4.78, 5) is 50.5. The second-order valence-electron chi connectivity index (χ2n) is 20.0. The van der Waals surface area contributed by atoms with Crippen LogP contribution in [-0.2, 0) is 33.4 Å². The van der Waals surface area contributed by atoms with E-state index in [2.05, 4.69) is 36.7 Å². The summed E-state index contributed by atoms with van der Waals surface area (Å²) in [6, 6.07) is 0. The van der Waals surface area contributed by atoms with Gasteiger partial charge < -0.3 is 62.7 Å². The number of carbonyl (C=O) groups is 4. The molecule has 0 spiro atoms. The number of aliphatic carboxylic acids is 3. The molecule has 12 N–H and O–H groups in total. The van der Waals surface area contributed by atoms with E-state index in [9.17, 15) is 24.3 Å². The fourth-order valence-electron chi connectivity index (χ4n) is 12.6. The van der Waals surface area contributed by atoms with Crippen molar-refractivity contribution < 1.29 is 48.7 Å². The van der Waals surface area contributed by atoms with Crippen molar-refractivity contribution >= 4 is 23.8 Å². The van der Waals surface area contributed by atoms with Crippen LogP contribution in [0.4, 0.5) is 0 Å². The number of nitrogens with two attached hydrogens (primary N) is 3. The first-order chi connectivity index (χ1) is 31.2. The second-order valence-corrected chi connectivity index (χ2v) is 20.0. The predicted molar refractivity (Wildman–Crippen MR) is 249 cm³/mol. The van der Waals surface area contributed by atoms with E-state index >= 15 is 0 Å². The highest BCUT2D eigenvalue weighted by Gasteiger charge is 2.66. The summed E-state index contributed by atoms with van der Waals surface area (Å²) < 4.78 is 20.3. The van der Waals surface area contributed by atoms with Gasteiger partial charge in [0.1, 0.15) is 0 Å². The zero-order valence-corrected chi connectivity index (χ0v) is 40.0. The number of hydrogen-bond acceptors (Lipinski definition) is 14. The molecule has 4 saturated carbocycles. The number of rotatable bonds is 34. The Hall–Kier alpha value is -2.52. The van der Waals surface area contributed by atoms with Gasteiger partial charge in [0.2, 0.25) is 5.91 Å². The lowest BCUT2D eigenvalue weighted by molar-refractivity contribution is -0.227. The average Bonchev–Trinajstić information content (AvgIpc) is 3.62. The maximum Gasteiger partial charge on any atom is 0.317 e. The van der Waals surface area contributed by atoms with Gasteiger partial charge in [0.25, 0.3) is 0 Å². The molecule has 376 valence electrons. The van der Waals surface area contributed by atoms with E-state index in [1.54, 1.807) is 4.90 Å². The van der Waals surface area contributed by atoms with Crippen LogP contribution in [0.1, 0.15) is 97.8 Å². The fourth-order valence-corrected chi connectivity index (χ4v) is 12.6. The third kappa shape index (κ3) is 16.3. The van der Waals surface area contributed by atoms with Gasteiger partial charge in [-0.05, 0) is 138 Å². The number of amides is 1. The normalized spacial score (nSPS) is 30.2. The Morgan fingerprint density at radius 3 is 1.89 bits per heavy atom. The van der Waals surface area contributed by atoms with Gasteiger partial charge in [-0.1, -0.05) is 20.8 Å². The first-order valence-corrected chi connectivity index (χ1v) is 24.9. The van der Waals surface area contributed by atoms with E-state index < -0.39 is 17.9 Å². The smallest absolute Gasteiger partial charge is 0.317 e. The molecule has 5 unspecified atom stereocenters. The summed E-state index contributed by atoms with van der Waals surface area (Å²) >= 11 is 0. The largest absolute Gasteiger partial charge is 0.480 e. The Morgan fingerprint density at radius 2 is 1.29 bits per heavy atom. The van der Waals surface area contributed by atoms with Gasteiger partial charge in [-0.2, -0.15) is 0 Å². The Kier molecular flexibility index (Phi) is 23.8. The Balaban J connectivity index is 1.40. The lowest BCUT2D eigenvalue weighted by Gasteiger charge is -2.65. The third-order valence-electron chi connectivity index (χ3n) is 15.9. The molecule has 65 heavy (non-hydrogen) atoms. The molecular formula is C47H88N8O10. The predicted octanol–water partition coefficient (Wildman–Crippen LogP) is 1.64. The molecule has 0 aromatic carbocycles. The van der Waals surface area contributed by atoms with Gasteiger partial charge in [0.05, 0.1) is 44.5 Å².